The number of nitrogens with one attached hydrogen (secondary N) is 1. The lowest BCUT2D eigenvalue weighted by molar-refractivity contribution is 0.519. The highest BCUT2D eigenvalue weighted by Gasteiger charge is 2.04. The Hall–Kier alpha value is -0.980. The van der Waals surface area contributed by atoms with Crippen molar-refractivity contribution >= 4 is 5.69 Å². The van der Waals surface area contributed by atoms with E-state index in [1.807, 2.05) is 0 Å². The molecule has 0 unspecified atom stereocenters. The molecule has 1 aromatic rings. The minimum absolute atomic E-state index is 0.796. The fraction of sp³-hybridized carbons (Fsp3) is 0.571. The number of benzene rings is 1. The predicted molar refractivity (Wildman–Crippen MR) is 68.5 cm³/mol. The van der Waals surface area contributed by atoms with Crippen LogP contribution in [-0.4, -0.2) is 6.54 Å². The molecule has 0 amide bonds. The van der Waals surface area contributed by atoms with Gasteiger partial charge in [0.15, 0.2) is 0 Å². The van der Waals surface area contributed by atoms with Crippen molar-refractivity contribution in [3.8, 4) is 0 Å². The van der Waals surface area contributed by atoms with E-state index in [4.69, 9.17) is 0 Å². The number of aryl methyl sites for hydroxylation is 1. The molecule has 0 spiro atoms. The molecule has 0 fully saturated rings. The van der Waals surface area contributed by atoms with Gasteiger partial charge in [0.1, 0.15) is 0 Å². The van der Waals surface area contributed by atoms with E-state index in [9.17, 15) is 0 Å². The van der Waals surface area contributed by atoms with Gasteiger partial charge in [0.25, 0.3) is 0 Å². The zero-order valence-electron chi connectivity index (χ0n) is 10.4. The van der Waals surface area contributed by atoms with Gasteiger partial charge in [-0.3, -0.25) is 0 Å². The first kappa shape index (κ1) is 12.1. The number of hydrogen-bond donors (Lipinski definition) is 1. The van der Waals surface area contributed by atoms with Crippen LogP contribution in [0.3, 0.4) is 0 Å². The maximum Gasteiger partial charge on any atom is 0.0372 e. The SMILES string of the molecule is CCC(CC)CNc1cccc(C)c1C. The van der Waals surface area contributed by atoms with E-state index >= 15 is 0 Å². The van der Waals surface area contributed by atoms with Crippen molar-refractivity contribution in [2.45, 2.75) is 40.5 Å². The monoisotopic (exact) mass is 205 g/mol. The van der Waals surface area contributed by atoms with E-state index < -0.39 is 0 Å². The Labute approximate surface area is 93.9 Å². The highest BCUT2D eigenvalue weighted by atomic mass is 14.9. The quantitative estimate of drug-likeness (QED) is 0.761. The lowest BCUT2D eigenvalue weighted by Crippen LogP contribution is -2.13. The van der Waals surface area contributed by atoms with Crippen LogP contribution >= 0.6 is 0 Å². The molecule has 1 heteroatoms. The van der Waals surface area contributed by atoms with E-state index in [0.29, 0.717) is 0 Å². The molecule has 0 aliphatic rings. The fourth-order valence-corrected chi connectivity index (χ4v) is 1.77. The zero-order chi connectivity index (χ0) is 11.3. The summed E-state index contributed by atoms with van der Waals surface area (Å²) >= 11 is 0. The van der Waals surface area contributed by atoms with Gasteiger partial charge in [-0.25, -0.2) is 0 Å². The first-order valence-electron chi connectivity index (χ1n) is 5.99. The molecule has 0 radical (unpaired) electrons. The second-order valence-electron chi connectivity index (χ2n) is 4.31. The second-order valence-corrected chi connectivity index (χ2v) is 4.31. The van der Waals surface area contributed by atoms with E-state index in [1.165, 1.54) is 29.7 Å². The molecule has 1 aromatic carbocycles. The van der Waals surface area contributed by atoms with Crippen molar-refractivity contribution in [3.05, 3.63) is 29.3 Å². The van der Waals surface area contributed by atoms with Crippen LogP contribution in [0.4, 0.5) is 5.69 Å². The molecule has 0 heterocycles. The van der Waals surface area contributed by atoms with Crippen LogP contribution in [0, 0.1) is 19.8 Å². The van der Waals surface area contributed by atoms with E-state index in [2.05, 4.69) is 51.2 Å². The molecule has 0 saturated heterocycles. The Morgan fingerprint density at radius 2 is 1.80 bits per heavy atom. The third-order valence-electron chi connectivity index (χ3n) is 3.34. The summed E-state index contributed by atoms with van der Waals surface area (Å²) in [6.07, 6.45) is 2.52. The maximum absolute atomic E-state index is 3.56. The van der Waals surface area contributed by atoms with Crippen LogP contribution in [0.2, 0.25) is 0 Å². The second kappa shape index (κ2) is 5.79. The lowest BCUT2D eigenvalue weighted by Gasteiger charge is -2.16. The number of anilines is 1. The van der Waals surface area contributed by atoms with E-state index in [0.717, 1.165) is 12.5 Å². The highest BCUT2D eigenvalue weighted by molar-refractivity contribution is 5.53. The van der Waals surface area contributed by atoms with Crippen LogP contribution in [0.1, 0.15) is 37.8 Å². The van der Waals surface area contributed by atoms with Gasteiger partial charge in [-0.1, -0.05) is 38.8 Å². The van der Waals surface area contributed by atoms with Gasteiger partial charge in [0.2, 0.25) is 0 Å². The summed E-state index contributed by atoms with van der Waals surface area (Å²) < 4.78 is 0. The molecular formula is C14H23N. The molecule has 84 valence electrons. The minimum Gasteiger partial charge on any atom is -0.385 e. The van der Waals surface area contributed by atoms with Crippen molar-refractivity contribution in [3.63, 3.8) is 0 Å². The lowest BCUT2D eigenvalue weighted by atomic mass is 10.0. The summed E-state index contributed by atoms with van der Waals surface area (Å²) in [5, 5.41) is 3.56. The summed E-state index contributed by atoms with van der Waals surface area (Å²) in [5.74, 6) is 0.796. The maximum atomic E-state index is 3.56. The minimum atomic E-state index is 0.796. The summed E-state index contributed by atoms with van der Waals surface area (Å²) in [6, 6.07) is 6.46. The largest absolute Gasteiger partial charge is 0.385 e. The molecule has 1 rings (SSSR count). The smallest absolute Gasteiger partial charge is 0.0372 e. The van der Waals surface area contributed by atoms with Crippen LogP contribution < -0.4 is 5.32 Å². The summed E-state index contributed by atoms with van der Waals surface area (Å²) in [7, 11) is 0. The summed E-state index contributed by atoms with van der Waals surface area (Å²) in [4.78, 5) is 0. The molecule has 0 bridgehead atoms. The van der Waals surface area contributed by atoms with Gasteiger partial charge in [-0.15, -0.1) is 0 Å². The molecule has 1 N–H and O–H groups in total. The molecule has 0 saturated carbocycles. The Kier molecular flexibility index (Phi) is 4.67. The van der Waals surface area contributed by atoms with E-state index in [1.54, 1.807) is 0 Å². The first-order valence-corrected chi connectivity index (χ1v) is 5.99. The molecule has 1 nitrogen and oxygen atoms in total. The molecular weight excluding hydrogens is 182 g/mol. The molecule has 0 atom stereocenters. The van der Waals surface area contributed by atoms with Gasteiger partial charge < -0.3 is 5.32 Å². The van der Waals surface area contributed by atoms with Gasteiger partial charge >= 0.3 is 0 Å². The fourth-order valence-electron chi connectivity index (χ4n) is 1.77. The predicted octanol–water partition coefficient (Wildman–Crippen LogP) is 4.15. The summed E-state index contributed by atoms with van der Waals surface area (Å²) in [6.45, 7) is 9.97. The molecule has 0 aliphatic heterocycles. The average Bonchev–Trinajstić information content (AvgIpc) is 2.25. The zero-order valence-corrected chi connectivity index (χ0v) is 10.4. The van der Waals surface area contributed by atoms with Crippen molar-refractivity contribution in [1.29, 1.82) is 0 Å². The van der Waals surface area contributed by atoms with Crippen LogP contribution in [-0.2, 0) is 0 Å². The van der Waals surface area contributed by atoms with E-state index in [-0.39, 0.29) is 0 Å². The van der Waals surface area contributed by atoms with Crippen LogP contribution in [0.25, 0.3) is 0 Å². The van der Waals surface area contributed by atoms with Crippen molar-refractivity contribution in [1.82, 2.24) is 0 Å². The van der Waals surface area contributed by atoms with Crippen LogP contribution in [0.15, 0.2) is 18.2 Å². The average molecular weight is 205 g/mol. The molecule has 0 aromatic heterocycles. The standard InChI is InChI=1S/C14H23N/c1-5-13(6-2)10-15-14-9-7-8-11(3)12(14)4/h7-9,13,15H,5-6,10H2,1-4H3. The van der Waals surface area contributed by atoms with Crippen molar-refractivity contribution in [2.75, 3.05) is 11.9 Å². The van der Waals surface area contributed by atoms with Gasteiger partial charge in [0, 0.05) is 12.2 Å². The molecule has 15 heavy (non-hydrogen) atoms. The Bertz CT molecular complexity index is 300. The molecule has 0 aliphatic carbocycles. The Morgan fingerprint density at radius 1 is 1.13 bits per heavy atom. The topological polar surface area (TPSA) is 12.0 Å². The third-order valence-corrected chi connectivity index (χ3v) is 3.34. The van der Waals surface area contributed by atoms with Gasteiger partial charge in [0.05, 0.1) is 0 Å². The highest BCUT2D eigenvalue weighted by Crippen LogP contribution is 2.19. The number of rotatable bonds is 5. The number of hydrogen-bond acceptors (Lipinski definition) is 1. The van der Waals surface area contributed by atoms with Crippen molar-refractivity contribution < 1.29 is 0 Å². The van der Waals surface area contributed by atoms with Crippen molar-refractivity contribution in [2.24, 2.45) is 5.92 Å². The van der Waals surface area contributed by atoms with Crippen LogP contribution in [0.5, 0.6) is 0 Å². The normalized spacial score (nSPS) is 10.7. The summed E-state index contributed by atoms with van der Waals surface area (Å²) in [5.41, 5.74) is 4.04. The van der Waals surface area contributed by atoms with Gasteiger partial charge in [-0.2, -0.15) is 0 Å². The Balaban J connectivity index is 2.61. The Morgan fingerprint density at radius 3 is 2.40 bits per heavy atom. The third kappa shape index (κ3) is 3.26. The first-order chi connectivity index (χ1) is 7.19. The van der Waals surface area contributed by atoms with Gasteiger partial charge in [-0.05, 0) is 37.0 Å².